The van der Waals surface area contributed by atoms with E-state index >= 15 is 8.78 Å². The molecule has 0 radical (unpaired) electrons. The smallest absolute Gasteiger partial charge is 0.186 e. The zero-order valence-corrected chi connectivity index (χ0v) is 26.6. The van der Waals surface area contributed by atoms with E-state index in [9.17, 15) is 4.39 Å². The van der Waals surface area contributed by atoms with Crippen molar-refractivity contribution in [2.45, 2.75) is 44.3 Å². The van der Waals surface area contributed by atoms with Crippen molar-refractivity contribution >= 4 is 34.4 Å². The van der Waals surface area contributed by atoms with E-state index in [1.165, 1.54) is 23.9 Å². The van der Waals surface area contributed by atoms with Crippen LogP contribution < -0.4 is 20.9 Å². The van der Waals surface area contributed by atoms with Gasteiger partial charge in [0.2, 0.25) is 0 Å². The molecule has 2 atom stereocenters. The Hall–Kier alpha value is -3.63. The maximum Gasteiger partial charge on any atom is 0.186 e. The summed E-state index contributed by atoms with van der Waals surface area (Å²) in [6.07, 6.45) is 2.37. The van der Waals surface area contributed by atoms with Crippen molar-refractivity contribution < 1.29 is 22.6 Å². The number of nitrogens with two attached hydrogens (primary N) is 2. The Balaban J connectivity index is 1.63. The summed E-state index contributed by atoms with van der Waals surface area (Å²) in [6.45, 7) is 6.58. The van der Waals surface area contributed by atoms with Crippen molar-refractivity contribution in [3.05, 3.63) is 106 Å². The Bertz CT molecular complexity index is 1550. The molecule has 3 aromatic rings. The molecular weight excluding hydrogens is 609 g/mol. The van der Waals surface area contributed by atoms with Crippen LogP contribution in [0.15, 0.2) is 76.4 Å². The van der Waals surface area contributed by atoms with Crippen LogP contribution in [0.3, 0.4) is 0 Å². The highest BCUT2D eigenvalue weighted by atomic mass is 35.5. The van der Waals surface area contributed by atoms with Gasteiger partial charge in [-0.05, 0) is 52.8 Å². The molecular formula is C33H36ClF3N4O2S. The van der Waals surface area contributed by atoms with E-state index in [4.69, 9.17) is 37.5 Å². The number of thioether (sulfide) groups is 1. The lowest BCUT2D eigenvalue weighted by molar-refractivity contribution is 0.324. The molecule has 2 unspecified atom stereocenters. The molecule has 1 aliphatic heterocycles. The van der Waals surface area contributed by atoms with Crippen LogP contribution in [-0.2, 0) is 11.2 Å². The second kappa shape index (κ2) is 14.4. The van der Waals surface area contributed by atoms with Crippen molar-refractivity contribution in [1.29, 1.82) is 0 Å². The third-order valence-electron chi connectivity index (χ3n) is 7.88. The summed E-state index contributed by atoms with van der Waals surface area (Å²) < 4.78 is 54.8. The van der Waals surface area contributed by atoms with Gasteiger partial charge in [-0.3, -0.25) is 9.98 Å². The first-order chi connectivity index (χ1) is 20.9. The van der Waals surface area contributed by atoms with Crippen LogP contribution in [0, 0.1) is 23.4 Å². The highest BCUT2D eigenvalue weighted by molar-refractivity contribution is 8.13. The summed E-state index contributed by atoms with van der Waals surface area (Å²) in [5.74, 6) is -1.29. The van der Waals surface area contributed by atoms with Gasteiger partial charge < -0.3 is 20.9 Å². The Morgan fingerprint density at radius 1 is 1.07 bits per heavy atom. The number of guanidine groups is 1. The fourth-order valence-corrected chi connectivity index (χ4v) is 6.55. The summed E-state index contributed by atoms with van der Waals surface area (Å²) in [4.78, 5) is 8.63. The van der Waals surface area contributed by atoms with E-state index in [0.29, 0.717) is 22.2 Å². The molecule has 1 heterocycles. The average Bonchev–Trinajstić information content (AvgIpc) is 3.14. The maximum absolute atomic E-state index is 15.0. The van der Waals surface area contributed by atoms with Crippen molar-refractivity contribution in [3.8, 4) is 11.5 Å². The lowest BCUT2D eigenvalue weighted by Crippen LogP contribution is -2.27. The number of nitrogens with zero attached hydrogens (tertiary/aromatic N) is 2. The highest BCUT2D eigenvalue weighted by Gasteiger charge is 2.36. The summed E-state index contributed by atoms with van der Waals surface area (Å²) >= 11 is 7.58. The molecule has 0 aliphatic carbocycles. The second-order valence-corrected chi connectivity index (χ2v) is 12.5. The molecule has 0 fully saturated rings. The number of allylic oxidation sites excluding steroid dienone is 1. The lowest BCUT2D eigenvalue weighted by Gasteiger charge is -2.35. The first-order valence-corrected chi connectivity index (χ1v) is 15.4. The molecule has 0 bridgehead atoms. The van der Waals surface area contributed by atoms with E-state index in [0.717, 1.165) is 28.8 Å². The standard InChI is InChI=1S/C33H36ClF3N4O2S/c1-19-24(20-5-8-22(35)9-6-20)16-31(41-17-26(19)33(2,3)21-7-10-27(34)30(13-21)42-4)44-18-25-28(36)14-23(15-29(25)37)43-12-11-40-32(38)39/h5-10,13-15,17,19,24H,11-12,16,18H2,1-4H3,(H4,38,39,40). The second-order valence-electron chi connectivity index (χ2n) is 11.0. The van der Waals surface area contributed by atoms with Gasteiger partial charge in [0.15, 0.2) is 5.96 Å². The number of hydrogen-bond donors (Lipinski definition) is 2. The van der Waals surface area contributed by atoms with Gasteiger partial charge in [0, 0.05) is 41.5 Å². The third-order valence-corrected chi connectivity index (χ3v) is 9.23. The molecule has 6 nitrogen and oxygen atoms in total. The molecule has 1 aliphatic rings. The zero-order chi connectivity index (χ0) is 32.0. The minimum absolute atomic E-state index is 0.0113. The fraction of sp³-hybridized carbons (Fsp3) is 0.333. The fourth-order valence-electron chi connectivity index (χ4n) is 5.35. The maximum atomic E-state index is 15.0. The van der Waals surface area contributed by atoms with Gasteiger partial charge in [0.1, 0.15) is 35.6 Å². The van der Waals surface area contributed by atoms with E-state index in [1.54, 1.807) is 19.2 Å². The molecule has 0 saturated heterocycles. The average molecular weight is 645 g/mol. The van der Waals surface area contributed by atoms with Crippen LogP contribution >= 0.6 is 23.4 Å². The molecule has 0 spiro atoms. The van der Waals surface area contributed by atoms with Gasteiger partial charge in [0.05, 0.1) is 23.7 Å². The number of ether oxygens (including phenoxy) is 2. The van der Waals surface area contributed by atoms with Gasteiger partial charge in [-0.15, -0.1) is 11.8 Å². The summed E-state index contributed by atoms with van der Waals surface area (Å²) in [5.41, 5.74) is 13.0. The number of rotatable bonds is 10. The molecule has 234 valence electrons. The summed E-state index contributed by atoms with van der Waals surface area (Å²) in [7, 11) is 1.57. The number of aliphatic imine (C=N–C) groups is 2. The topological polar surface area (TPSA) is 95.2 Å². The SMILES string of the molecule is COc1cc(C(C)(C)C2=CN=C(SCc3c(F)cc(OCCN=C(N)N)cc3F)CC(c3ccc(F)cc3)C2C)ccc1Cl. The highest BCUT2D eigenvalue weighted by Crippen LogP contribution is 2.46. The van der Waals surface area contributed by atoms with Crippen LogP contribution in [0.4, 0.5) is 13.2 Å². The van der Waals surface area contributed by atoms with E-state index in [-0.39, 0.29) is 53.8 Å². The van der Waals surface area contributed by atoms with Crippen LogP contribution in [0.25, 0.3) is 0 Å². The Morgan fingerprint density at radius 3 is 2.39 bits per heavy atom. The Labute approximate surface area is 265 Å². The molecule has 3 aromatic carbocycles. The summed E-state index contributed by atoms with van der Waals surface area (Å²) in [6, 6.07) is 14.5. The van der Waals surface area contributed by atoms with Gasteiger partial charge in [-0.2, -0.15) is 0 Å². The van der Waals surface area contributed by atoms with Crippen LogP contribution in [0.1, 0.15) is 49.8 Å². The van der Waals surface area contributed by atoms with Crippen molar-refractivity contribution in [2.75, 3.05) is 20.3 Å². The van der Waals surface area contributed by atoms with Gasteiger partial charge in [0.25, 0.3) is 0 Å². The van der Waals surface area contributed by atoms with Crippen LogP contribution in [0.5, 0.6) is 11.5 Å². The molecule has 44 heavy (non-hydrogen) atoms. The predicted molar refractivity (Wildman–Crippen MR) is 173 cm³/mol. The molecule has 4 N–H and O–H groups in total. The normalized spacial score (nSPS) is 16.9. The molecule has 11 heteroatoms. The van der Waals surface area contributed by atoms with Gasteiger partial charge >= 0.3 is 0 Å². The third kappa shape index (κ3) is 7.90. The van der Waals surface area contributed by atoms with Crippen molar-refractivity contribution in [2.24, 2.45) is 27.4 Å². The van der Waals surface area contributed by atoms with Crippen LogP contribution in [-0.4, -0.2) is 31.3 Å². The minimum atomic E-state index is -0.721. The van der Waals surface area contributed by atoms with E-state index in [1.807, 2.05) is 24.4 Å². The monoisotopic (exact) mass is 644 g/mol. The van der Waals surface area contributed by atoms with Gasteiger partial charge in [-0.25, -0.2) is 13.2 Å². The van der Waals surface area contributed by atoms with Crippen LogP contribution in [0.2, 0.25) is 5.02 Å². The Morgan fingerprint density at radius 2 is 1.75 bits per heavy atom. The zero-order valence-electron chi connectivity index (χ0n) is 25.0. The molecule has 0 saturated carbocycles. The molecule has 4 rings (SSSR count). The minimum Gasteiger partial charge on any atom is -0.495 e. The summed E-state index contributed by atoms with van der Waals surface area (Å²) in [5, 5.41) is 1.22. The largest absolute Gasteiger partial charge is 0.495 e. The van der Waals surface area contributed by atoms with E-state index < -0.39 is 17.0 Å². The van der Waals surface area contributed by atoms with E-state index in [2.05, 4.69) is 25.8 Å². The lowest BCUT2D eigenvalue weighted by atomic mass is 9.68. The Kier molecular flexibility index (Phi) is 10.9. The van der Waals surface area contributed by atoms with Crippen molar-refractivity contribution in [3.63, 3.8) is 0 Å². The first-order valence-electron chi connectivity index (χ1n) is 14.1. The number of benzene rings is 3. The van der Waals surface area contributed by atoms with Crippen molar-refractivity contribution in [1.82, 2.24) is 0 Å². The first kappa shape index (κ1) is 33.3. The molecule has 0 aromatic heterocycles. The van der Waals surface area contributed by atoms with Gasteiger partial charge in [-0.1, -0.05) is 50.6 Å². The number of methoxy groups -OCH3 is 1. The number of hydrogen-bond acceptors (Lipinski definition) is 5. The predicted octanol–water partition coefficient (Wildman–Crippen LogP) is 7.74. The molecule has 0 amide bonds. The quantitative estimate of drug-likeness (QED) is 0.134. The number of halogens is 4.